The molecular formula is C17H23F2IN4S. The van der Waals surface area contributed by atoms with Crippen LogP contribution in [-0.2, 0) is 13.0 Å². The van der Waals surface area contributed by atoms with Crippen LogP contribution in [0.3, 0.4) is 0 Å². The quantitative estimate of drug-likeness (QED) is 0.386. The van der Waals surface area contributed by atoms with Gasteiger partial charge in [0.1, 0.15) is 11.6 Å². The van der Waals surface area contributed by atoms with Gasteiger partial charge in [-0.25, -0.2) is 13.8 Å². The standard InChI is InChI=1S/C17H22F2N4S.HI/c1-4-20-17(23(3)10-15-11-24-12(2)22-15)21-8-7-13-9-14(18)5-6-16(13)19;/h5-6,9,11H,4,7-8,10H2,1-3H3,(H,20,21);1H. The number of hydrogen-bond acceptors (Lipinski definition) is 3. The zero-order chi connectivity index (χ0) is 17.5. The van der Waals surface area contributed by atoms with Crippen molar-refractivity contribution >= 4 is 41.3 Å². The number of rotatable bonds is 6. The fourth-order valence-electron chi connectivity index (χ4n) is 2.29. The Labute approximate surface area is 168 Å². The van der Waals surface area contributed by atoms with Crippen LogP contribution in [0.2, 0.25) is 0 Å². The molecule has 0 atom stereocenters. The number of nitrogens with zero attached hydrogens (tertiary/aromatic N) is 3. The molecule has 8 heteroatoms. The van der Waals surface area contributed by atoms with Crippen molar-refractivity contribution in [1.82, 2.24) is 15.2 Å². The van der Waals surface area contributed by atoms with E-state index in [2.05, 4.69) is 15.3 Å². The van der Waals surface area contributed by atoms with E-state index in [4.69, 9.17) is 0 Å². The summed E-state index contributed by atoms with van der Waals surface area (Å²) in [6, 6.07) is 3.49. The van der Waals surface area contributed by atoms with E-state index in [1.54, 1.807) is 11.3 Å². The Morgan fingerprint density at radius 2 is 2.12 bits per heavy atom. The Balaban J connectivity index is 0.00000312. The molecule has 4 nitrogen and oxygen atoms in total. The lowest BCUT2D eigenvalue weighted by Crippen LogP contribution is -2.38. The molecule has 1 heterocycles. The van der Waals surface area contributed by atoms with Crippen LogP contribution in [0, 0.1) is 18.6 Å². The molecule has 1 aromatic heterocycles. The van der Waals surface area contributed by atoms with Gasteiger partial charge in [-0.05, 0) is 44.0 Å². The third kappa shape index (κ3) is 6.85. The normalized spacial score (nSPS) is 11.2. The third-order valence-corrected chi connectivity index (χ3v) is 4.24. The number of hydrogen-bond donors (Lipinski definition) is 1. The SMILES string of the molecule is CCNC(=NCCc1cc(F)ccc1F)N(C)Cc1csc(C)n1.I. The predicted octanol–water partition coefficient (Wildman–Crippen LogP) is 3.99. The summed E-state index contributed by atoms with van der Waals surface area (Å²) in [6.45, 7) is 5.71. The van der Waals surface area contributed by atoms with Gasteiger partial charge in [0.15, 0.2) is 5.96 Å². The number of aryl methyl sites for hydroxylation is 1. The number of guanidine groups is 1. The maximum absolute atomic E-state index is 13.6. The first-order valence-corrected chi connectivity index (χ1v) is 8.72. The van der Waals surface area contributed by atoms with Crippen LogP contribution in [0.15, 0.2) is 28.6 Å². The number of benzene rings is 1. The van der Waals surface area contributed by atoms with E-state index in [1.807, 2.05) is 31.2 Å². The highest BCUT2D eigenvalue weighted by Gasteiger charge is 2.09. The molecule has 138 valence electrons. The first-order chi connectivity index (χ1) is 11.5. The summed E-state index contributed by atoms with van der Waals surface area (Å²) >= 11 is 1.61. The van der Waals surface area contributed by atoms with Gasteiger partial charge in [0, 0.05) is 25.5 Å². The molecule has 1 aromatic carbocycles. The van der Waals surface area contributed by atoms with Gasteiger partial charge in [-0.2, -0.15) is 0 Å². The highest BCUT2D eigenvalue weighted by molar-refractivity contribution is 14.0. The van der Waals surface area contributed by atoms with Gasteiger partial charge in [-0.15, -0.1) is 35.3 Å². The predicted molar refractivity (Wildman–Crippen MR) is 110 cm³/mol. The maximum Gasteiger partial charge on any atom is 0.194 e. The molecule has 0 fully saturated rings. The smallest absolute Gasteiger partial charge is 0.194 e. The number of aromatic nitrogens is 1. The second-order valence-electron chi connectivity index (χ2n) is 5.44. The largest absolute Gasteiger partial charge is 0.357 e. The van der Waals surface area contributed by atoms with Gasteiger partial charge in [-0.1, -0.05) is 0 Å². The van der Waals surface area contributed by atoms with Gasteiger partial charge in [0.2, 0.25) is 0 Å². The third-order valence-electron chi connectivity index (χ3n) is 3.41. The lowest BCUT2D eigenvalue weighted by atomic mass is 10.1. The molecule has 0 aliphatic carbocycles. The van der Waals surface area contributed by atoms with Gasteiger partial charge in [0.25, 0.3) is 0 Å². The Morgan fingerprint density at radius 1 is 1.36 bits per heavy atom. The van der Waals surface area contributed by atoms with E-state index < -0.39 is 11.6 Å². The highest BCUT2D eigenvalue weighted by atomic mass is 127. The van der Waals surface area contributed by atoms with E-state index in [1.165, 1.54) is 6.07 Å². The molecule has 0 saturated carbocycles. The molecule has 0 unspecified atom stereocenters. The number of aliphatic imine (C=N–C) groups is 1. The molecule has 2 aromatic rings. The summed E-state index contributed by atoms with van der Waals surface area (Å²) in [7, 11) is 1.93. The fraction of sp³-hybridized carbons (Fsp3) is 0.412. The zero-order valence-corrected chi connectivity index (χ0v) is 17.7. The summed E-state index contributed by atoms with van der Waals surface area (Å²) < 4.78 is 26.8. The molecule has 25 heavy (non-hydrogen) atoms. The molecule has 0 amide bonds. The number of halogens is 3. The summed E-state index contributed by atoms with van der Waals surface area (Å²) in [6.07, 6.45) is 0.349. The van der Waals surface area contributed by atoms with Crippen LogP contribution in [0.1, 0.15) is 23.2 Å². The molecule has 0 bridgehead atoms. The minimum absolute atomic E-state index is 0. The topological polar surface area (TPSA) is 40.5 Å². The van der Waals surface area contributed by atoms with Crippen LogP contribution in [0.4, 0.5) is 8.78 Å². The summed E-state index contributed by atoms with van der Waals surface area (Å²) in [5.74, 6) is -0.110. The Kier molecular flexibility index (Phi) is 9.26. The maximum atomic E-state index is 13.6. The molecular weight excluding hydrogens is 457 g/mol. The lowest BCUT2D eigenvalue weighted by Gasteiger charge is -2.21. The summed E-state index contributed by atoms with van der Waals surface area (Å²) in [5, 5.41) is 6.26. The Bertz CT molecular complexity index is 706. The van der Waals surface area contributed by atoms with Gasteiger partial charge >= 0.3 is 0 Å². The van der Waals surface area contributed by atoms with Crippen LogP contribution in [0.5, 0.6) is 0 Å². The van der Waals surface area contributed by atoms with E-state index in [0.29, 0.717) is 25.1 Å². The second kappa shape index (κ2) is 10.6. The van der Waals surface area contributed by atoms with E-state index in [-0.39, 0.29) is 24.0 Å². The first kappa shape index (κ1) is 21.8. The average Bonchev–Trinajstić information content (AvgIpc) is 2.94. The van der Waals surface area contributed by atoms with Gasteiger partial charge in [-0.3, -0.25) is 4.99 Å². The summed E-state index contributed by atoms with van der Waals surface area (Å²) in [5.41, 5.74) is 1.33. The van der Waals surface area contributed by atoms with Crippen molar-refractivity contribution in [3.63, 3.8) is 0 Å². The van der Waals surface area contributed by atoms with Crippen LogP contribution in [0.25, 0.3) is 0 Å². The van der Waals surface area contributed by atoms with Crippen molar-refractivity contribution in [1.29, 1.82) is 0 Å². The van der Waals surface area contributed by atoms with Gasteiger partial charge < -0.3 is 10.2 Å². The second-order valence-corrected chi connectivity index (χ2v) is 6.50. The fourth-order valence-corrected chi connectivity index (χ4v) is 2.89. The number of nitrogens with one attached hydrogen (secondary N) is 1. The minimum atomic E-state index is -0.432. The molecule has 0 aliphatic heterocycles. The van der Waals surface area contributed by atoms with Crippen molar-refractivity contribution in [3.05, 3.63) is 51.5 Å². The summed E-state index contributed by atoms with van der Waals surface area (Å²) in [4.78, 5) is 10.9. The van der Waals surface area contributed by atoms with Crippen LogP contribution < -0.4 is 5.32 Å². The monoisotopic (exact) mass is 480 g/mol. The Hall–Kier alpha value is -1.29. The minimum Gasteiger partial charge on any atom is -0.357 e. The zero-order valence-electron chi connectivity index (χ0n) is 14.6. The Morgan fingerprint density at radius 3 is 2.76 bits per heavy atom. The van der Waals surface area contributed by atoms with E-state index in [0.717, 1.165) is 35.3 Å². The van der Waals surface area contributed by atoms with Crippen LogP contribution in [-0.4, -0.2) is 36.0 Å². The molecule has 0 saturated heterocycles. The number of thiazole rings is 1. The first-order valence-electron chi connectivity index (χ1n) is 7.84. The molecule has 0 radical (unpaired) electrons. The van der Waals surface area contributed by atoms with Crippen molar-refractivity contribution in [2.75, 3.05) is 20.1 Å². The average molecular weight is 480 g/mol. The van der Waals surface area contributed by atoms with Crippen LogP contribution >= 0.6 is 35.3 Å². The van der Waals surface area contributed by atoms with Crippen molar-refractivity contribution in [2.45, 2.75) is 26.8 Å². The van der Waals surface area contributed by atoms with E-state index >= 15 is 0 Å². The molecule has 0 aliphatic rings. The van der Waals surface area contributed by atoms with Crippen molar-refractivity contribution in [3.8, 4) is 0 Å². The van der Waals surface area contributed by atoms with Crippen molar-refractivity contribution < 1.29 is 8.78 Å². The van der Waals surface area contributed by atoms with Gasteiger partial charge in [0.05, 0.1) is 17.2 Å². The highest BCUT2D eigenvalue weighted by Crippen LogP contribution is 2.11. The molecule has 0 spiro atoms. The molecule has 1 N–H and O–H groups in total. The molecule has 2 rings (SSSR count). The van der Waals surface area contributed by atoms with Crippen molar-refractivity contribution in [2.24, 2.45) is 4.99 Å². The lowest BCUT2D eigenvalue weighted by molar-refractivity contribution is 0.471. The van der Waals surface area contributed by atoms with E-state index in [9.17, 15) is 8.78 Å².